The van der Waals surface area contributed by atoms with Crippen LogP contribution in [0, 0.1) is 6.92 Å². The normalized spacial score (nSPS) is 22.1. The van der Waals surface area contributed by atoms with E-state index in [2.05, 4.69) is 48.1 Å². The van der Waals surface area contributed by atoms with Crippen molar-refractivity contribution in [1.29, 1.82) is 0 Å². The third kappa shape index (κ3) is 2.83. The minimum Gasteiger partial charge on any atom is -0.314 e. The van der Waals surface area contributed by atoms with Gasteiger partial charge in [-0.1, -0.05) is 42.7 Å². The van der Waals surface area contributed by atoms with Gasteiger partial charge in [0.05, 0.1) is 17.4 Å². The van der Waals surface area contributed by atoms with Crippen LogP contribution in [-0.4, -0.2) is 22.4 Å². The average Bonchev–Trinajstić information content (AvgIpc) is 3.13. The molecule has 122 valence electrons. The van der Waals surface area contributed by atoms with Crippen molar-refractivity contribution in [3.63, 3.8) is 0 Å². The van der Waals surface area contributed by atoms with Crippen LogP contribution in [0.3, 0.4) is 0 Å². The fourth-order valence-electron chi connectivity index (χ4n) is 4.18. The predicted molar refractivity (Wildman–Crippen MR) is 94.8 cm³/mol. The number of rotatable bonds is 2. The summed E-state index contributed by atoms with van der Waals surface area (Å²) < 4.78 is 2.39. The maximum Gasteiger partial charge on any atom is 0.0720 e. The van der Waals surface area contributed by atoms with E-state index >= 15 is 0 Å². The zero-order chi connectivity index (χ0) is 15.8. The summed E-state index contributed by atoms with van der Waals surface area (Å²) in [5.74, 6) is 0. The predicted octanol–water partition coefficient (Wildman–Crippen LogP) is 4.05. The summed E-state index contributed by atoms with van der Waals surface area (Å²) in [4.78, 5) is 0. The second-order valence-corrected chi connectivity index (χ2v) is 7.33. The van der Waals surface area contributed by atoms with Crippen molar-refractivity contribution in [3.05, 3.63) is 41.1 Å². The Bertz CT molecular complexity index is 678. The van der Waals surface area contributed by atoms with Gasteiger partial charge in [-0.15, -0.1) is 0 Å². The van der Waals surface area contributed by atoms with Gasteiger partial charge in [0.1, 0.15) is 0 Å². The van der Waals surface area contributed by atoms with Crippen LogP contribution in [0.1, 0.15) is 55.5 Å². The number of hydrogen-bond donors (Lipinski definition) is 1. The molecule has 1 unspecified atom stereocenters. The molecule has 1 aliphatic carbocycles. The van der Waals surface area contributed by atoms with Gasteiger partial charge < -0.3 is 5.32 Å². The van der Waals surface area contributed by atoms with E-state index in [-0.39, 0.29) is 0 Å². The van der Waals surface area contributed by atoms with Crippen LogP contribution in [-0.2, 0) is 12.8 Å². The molecule has 2 heterocycles. The lowest BCUT2D eigenvalue weighted by molar-refractivity contribution is 0.462. The van der Waals surface area contributed by atoms with Crippen molar-refractivity contribution in [2.24, 2.45) is 0 Å². The van der Waals surface area contributed by atoms with Crippen LogP contribution in [0.15, 0.2) is 24.3 Å². The quantitative estimate of drug-likeness (QED) is 0.907. The van der Waals surface area contributed by atoms with Gasteiger partial charge in [-0.3, -0.25) is 4.68 Å². The molecule has 3 nitrogen and oxygen atoms in total. The first-order valence-electron chi connectivity index (χ1n) is 9.13. The number of benzene rings is 1. The Hall–Kier alpha value is -1.61. The Morgan fingerprint density at radius 3 is 2.61 bits per heavy atom. The SMILES string of the molecule is Cc1ccc(-c2c3c(nn2C2CCCC2)CC(C)NCC3)cc1. The van der Waals surface area contributed by atoms with Gasteiger partial charge in [0, 0.05) is 23.6 Å². The van der Waals surface area contributed by atoms with E-state index in [0.717, 1.165) is 19.4 Å². The molecule has 1 atom stereocenters. The maximum absolute atomic E-state index is 5.12. The third-order valence-corrected chi connectivity index (χ3v) is 5.45. The molecule has 1 aromatic carbocycles. The summed E-state index contributed by atoms with van der Waals surface area (Å²) in [5.41, 5.74) is 6.86. The molecule has 1 saturated carbocycles. The van der Waals surface area contributed by atoms with E-state index < -0.39 is 0 Å². The Morgan fingerprint density at radius 1 is 1.13 bits per heavy atom. The van der Waals surface area contributed by atoms with E-state index in [4.69, 9.17) is 5.10 Å². The smallest absolute Gasteiger partial charge is 0.0720 e. The number of fused-ring (bicyclic) bond motifs is 1. The molecule has 23 heavy (non-hydrogen) atoms. The fourth-order valence-corrected chi connectivity index (χ4v) is 4.18. The number of nitrogens with one attached hydrogen (secondary N) is 1. The highest BCUT2D eigenvalue weighted by molar-refractivity contribution is 5.65. The minimum atomic E-state index is 0.522. The van der Waals surface area contributed by atoms with Gasteiger partial charge in [0.25, 0.3) is 0 Å². The fraction of sp³-hybridized carbons (Fsp3) is 0.550. The van der Waals surface area contributed by atoms with Gasteiger partial charge in [-0.2, -0.15) is 5.10 Å². The Balaban J connectivity index is 1.84. The van der Waals surface area contributed by atoms with Crippen LogP contribution in [0.4, 0.5) is 0 Å². The molecule has 0 bridgehead atoms. The van der Waals surface area contributed by atoms with Gasteiger partial charge in [0.15, 0.2) is 0 Å². The van der Waals surface area contributed by atoms with Crippen LogP contribution in [0.2, 0.25) is 0 Å². The maximum atomic E-state index is 5.12. The zero-order valence-electron chi connectivity index (χ0n) is 14.3. The Kier molecular flexibility index (Phi) is 3.98. The van der Waals surface area contributed by atoms with Crippen molar-refractivity contribution in [2.75, 3.05) is 6.54 Å². The molecule has 0 spiro atoms. The lowest BCUT2D eigenvalue weighted by Gasteiger charge is -2.16. The molecular formula is C20H27N3. The molecule has 4 rings (SSSR count). The van der Waals surface area contributed by atoms with E-state index in [1.165, 1.54) is 53.8 Å². The van der Waals surface area contributed by atoms with E-state index in [1.54, 1.807) is 0 Å². The molecular weight excluding hydrogens is 282 g/mol. The highest BCUT2D eigenvalue weighted by Crippen LogP contribution is 2.37. The van der Waals surface area contributed by atoms with Crippen LogP contribution in [0.25, 0.3) is 11.3 Å². The van der Waals surface area contributed by atoms with Crippen LogP contribution < -0.4 is 5.32 Å². The molecule has 2 aliphatic rings. The van der Waals surface area contributed by atoms with Gasteiger partial charge in [-0.05, 0) is 39.7 Å². The van der Waals surface area contributed by atoms with Crippen molar-refractivity contribution < 1.29 is 0 Å². The molecule has 1 aromatic heterocycles. The molecule has 0 radical (unpaired) electrons. The summed E-state index contributed by atoms with van der Waals surface area (Å²) in [6.45, 7) is 5.49. The second kappa shape index (κ2) is 6.12. The highest BCUT2D eigenvalue weighted by Gasteiger charge is 2.27. The molecule has 1 fully saturated rings. The topological polar surface area (TPSA) is 29.9 Å². The monoisotopic (exact) mass is 309 g/mol. The first-order chi connectivity index (χ1) is 11.2. The standard InChI is InChI=1S/C20H27N3/c1-14-7-9-16(10-8-14)20-18-11-12-21-15(2)13-19(18)22-23(20)17-5-3-4-6-17/h7-10,15,17,21H,3-6,11-13H2,1-2H3. The number of aromatic nitrogens is 2. The van der Waals surface area contributed by atoms with Gasteiger partial charge in [-0.25, -0.2) is 0 Å². The van der Waals surface area contributed by atoms with Crippen molar-refractivity contribution in [1.82, 2.24) is 15.1 Å². The second-order valence-electron chi connectivity index (χ2n) is 7.33. The van der Waals surface area contributed by atoms with Crippen LogP contribution in [0.5, 0.6) is 0 Å². The van der Waals surface area contributed by atoms with E-state index in [1.807, 2.05) is 0 Å². The summed E-state index contributed by atoms with van der Waals surface area (Å²) in [6, 6.07) is 10.1. The molecule has 3 heteroatoms. The van der Waals surface area contributed by atoms with Gasteiger partial charge >= 0.3 is 0 Å². The summed E-state index contributed by atoms with van der Waals surface area (Å²) >= 11 is 0. The highest BCUT2D eigenvalue weighted by atomic mass is 15.3. The summed E-state index contributed by atoms with van der Waals surface area (Å²) in [5, 5.41) is 8.72. The molecule has 1 aliphatic heterocycles. The lowest BCUT2D eigenvalue weighted by atomic mass is 10.0. The van der Waals surface area contributed by atoms with E-state index in [0.29, 0.717) is 12.1 Å². The van der Waals surface area contributed by atoms with Crippen molar-refractivity contribution in [3.8, 4) is 11.3 Å². The first kappa shape index (κ1) is 14.9. The average molecular weight is 309 g/mol. The number of nitrogens with zero attached hydrogens (tertiary/aromatic N) is 2. The molecule has 2 aromatic rings. The molecule has 1 N–H and O–H groups in total. The zero-order valence-corrected chi connectivity index (χ0v) is 14.3. The molecule has 0 amide bonds. The largest absolute Gasteiger partial charge is 0.314 e. The Labute approximate surface area is 139 Å². The number of aryl methyl sites for hydroxylation is 1. The first-order valence-corrected chi connectivity index (χ1v) is 9.13. The molecule has 0 saturated heterocycles. The van der Waals surface area contributed by atoms with Gasteiger partial charge in [0.2, 0.25) is 0 Å². The van der Waals surface area contributed by atoms with Crippen molar-refractivity contribution in [2.45, 2.75) is 64.5 Å². The van der Waals surface area contributed by atoms with E-state index in [9.17, 15) is 0 Å². The van der Waals surface area contributed by atoms with Crippen molar-refractivity contribution >= 4 is 0 Å². The lowest BCUT2D eigenvalue weighted by Crippen LogP contribution is -2.27. The third-order valence-electron chi connectivity index (χ3n) is 5.45. The van der Waals surface area contributed by atoms with Crippen LogP contribution >= 0.6 is 0 Å². The minimum absolute atomic E-state index is 0.522. The number of hydrogen-bond acceptors (Lipinski definition) is 2. The Morgan fingerprint density at radius 2 is 1.87 bits per heavy atom. The summed E-state index contributed by atoms with van der Waals surface area (Å²) in [6.07, 6.45) is 7.41. The summed E-state index contributed by atoms with van der Waals surface area (Å²) in [7, 11) is 0.